The highest BCUT2D eigenvalue weighted by Gasteiger charge is 2.38. The third-order valence-corrected chi connectivity index (χ3v) is 4.74. The first-order valence-electron chi connectivity index (χ1n) is 9.08. The fourth-order valence-corrected chi connectivity index (χ4v) is 3.20. The van der Waals surface area contributed by atoms with Gasteiger partial charge in [-0.25, -0.2) is 4.79 Å². The zero-order chi connectivity index (χ0) is 20.7. The molecule has 0 aromatic rings. The third kappa shape index (κ3) is 6.69. The van der Waals surface area contributed by atoms with Crippen LogP contribution in [0.3, 0.4) is 0 Å². The predicted octanol–water partition coefficient (Wildman–Crippen LogP) is -0.645. The van der Waals surface area contributed by atoms with Crippen molar-refractivity contribution in [1.82, 2.24) is 15.5 Å². The SMILES string of the molecule is CC(C)CC(NC(=O)C1CCCN1C(=O)C(CS)NC(=O)C(C)N)C(=O)O. The average molecular weight is 403 g/mol. The number of carbonyl (C=O) groups excluding carboxylic acids is 3. The Labute approximate surface area is 164 Å². The highest BCUT2D eigenvalue weighted by atomic mass is 32.1. The molecular weight excluding hydrogens is 372 g/mol. The Bertz CT molecular complexity index is 570. The lowest BCUT2D eigenvalue weighted by molar-refractivity contribution is -0.145. The molecule has 3 amide bonds. The van der Waals surface area contributed by atoms with Crippen molar-refractivity contribution in [1.29, 1.82) is 0 Å². The molecule has 1 aliphatic rings. The summed E-state index contributed by atoms with van der Waals surface area (Å²) < 4.78 is 0. The van der Waals surface area contributed by atoms with Crippen LogP contribution in [-0.2, 0) is 19.2 Å². The van der Waals surface area contributed by atoms with E-state index in [4.69, 9.17) is 5.73 Å². The van der Waals surface area contributed by atoms with Gasteiger partial charge in [-0.3, -0.25) is 14.4 Å². The fourth-order valence-electron chi connectivity index (χ4n) is 2.95. The summed E-state index contributed by atoms with van der Waals surface area (Å²) in [5.41, 5.74) is 5.51. The molecule has 27 heavy (non-hydrogen) atoms. The predicted molar refractivity (Wildman–Crippen MR) is 103 cm³/mol. The number of thiol groups is 1. The number of hydrogen-bond donors (Lipinski definition) is 5. The van der Waals surface area contributed by atoms with E-state index in [0.29, 0.717) is 25.8 Å². The fraction of sp³-hybridized carbons (Fsp3) is 0.765. The maximum atomic E-state index is 12.8. The van der Waals surface area contributed by atoms with Gasteiger partial charge in [-0.1, -0.05) is 13.8 Å². The number of carbonyl (C=O) groups is 4. The normalized spacial score (nSPS) is 20.1. The first kappa shape index (κ1) is 23.2. The average Bonchev–Trinajstić information content (AvgIpc) is 3.07. The van der Waals surface area contributed by atoms with Gasteiger partial charge in [-0.05, 0) is 32.1 Å². The summed E-state index contributed by atoms with van der Waals surface area (Å²) in [6, 6.07) is -3.44. The van der Waals surface area contributed by atoms with E-state index < -0.39 is 47.9 Å². The number of hydrogen-bond acceptors (Lipinski definition) is 6. The Morgan fingerprint density at radius 3 is 2.30 bits per heavy atom. The molecule has 9 nitrogen and oxygen atoms in total. The van der Waals surface area contributed by atoms with Gasteiger partial charge in [0.05, 0.1) is 6.04 Å². The highest BCUT2D eigenvalue weighted by molar-refractivity contribution is 7.80. The van der Waals surface area contributed by atoms with Crippen LogP contribution in [-0.4, -0.2) is 70.2 Å². The zero-order valence-electron chi connectivity index (χ0n) is 16.0. The van der Waals surface area contributed by atoms with Crippen LogP contribution in [0.4, 0.5) is 0 Å². The number of nitrogens with zero attached hydrogens (tertiary/aromatic N) is 1. The van der Waals surface area contributed by atoms with E-state index in [1.165, 1.54) is 11.8 Å². The van der Waals surface area contributed by atoms with E-state index in [9.17, 15) is 24.3 Å². The van der Waals surface area contributed by atoms with Gasteiger partial charge in [0.15, 0.2) is 0 Å². The van der Waals surface area contributed by atoms with Crippen molar-refractivity contribution >= 4 is 36.3 Å². The number of nitrogens with two attached hydrogens (primary N) is 1. The maximum Gasteiger partial charge on any atom is 0.326 e. The molecule has 5 N–H and O–H groups in total. The number of nitrogens with one attached hydrogen (secondary N) is 2. The summed E-state index contributed by atoms with van der Waals surface area (Å²) in [4.78, 5) is 49.9. The summed E-state index contributed by atoms with van der Waals surface area (Å²) in [6.45, 7) is 5.59. The smallest absolute Gasteiger partial charge is 0.326 e. The van der Waals surface area contributed by atoms with Gasteiger partial charge in [0, 0.05) is 12.3 Å². The molecule has 154 valence electrons. The van der Waals surface area contributed by atoms with Crippen LogP contribution in [0.5, 0.6) is 0 Å². The van der Waals surface area contributed by atoms with Crippen molar-refractivity contribution in [3.63, 3.8) is 0 Å². The van der Waals surface area contributed by atoms with Crippen LogP contribution in [0.1, 0.15) is 40.0 Å². The third-order valence-electron chi connectivity index (χ3n) is 4.37. The lowest BCUT2D eigenvalue weighted by atomic mass is 10.0. The van der Waals surface area contributed by atoms with Crippen molar-refractivity contribution in [2.24, 2.45) is 11.7 Å². The van der Waals surface area contributed by atoms with E-state index in [1.54, 1.807) is 0 Å². The molecule has 0 saturated carbocycles. The van der Waals surface area contributed by atoms with Crippen molar-refractivity contribution in [3.05, 3.63) is 0 Å². The van der Waals surface area contributed by atoms with Crippen LogP contribution in [0.2, 0.25) is 0 Å². The van der Waals surface area contributed by atoms with E-state index in [2.05, 4.69) is 23.3 Å². The molecule has 0 radical (unpaired) electrons. The quantitative estimate of drug-likeness (QED) is 0.325. The Balaban J connectivity index is 2.83. The second-order valence-electron chi connectivity index (χ2n) is 7.25. The minimum atomic E-state index is -1.11. The van der Waals surface area contributed by atoms with Gasteiger partial charge in [0.2, 0.25) is 17.7 Å². The molecule has 1 saturated heterocycles. The molecule has 1 rings (SSSR count). The Morgan fingerprint density at radius 2 is 1.81 bits per heavy atom. The van der Waals surface area contributed by atoms with Crippen LogP contribution in [0, 0.1) is 5.92 Å². The molecule has 4 unspecified atom stereocenters. The molecular formula is C17H30N4O5S. The van der Waals surface area contributed by atoms with E-state index in [-0.39, 0.29) is 11.7 Å². The lowest BCUT2D eigenvalue weighted by Crippen LogP contribution is -2.57. The number of rotatable bonds is 9. The van der Waals surface area contributed by atoms with Crippen LogP contribution in [0.15, 0.2) is 0 Å². The minimum Gasteiger partial charge on any atom is -0.480 e. The second kappa shape index (κ2) is 10.5. The van der Waals surface area contributed by atoms with Gasteiger partial charge < -0.3 is 26.4 Å². The van der Waals surface area contributed by atoms with E-state index >= 15 is 0 Å². The number of carboxylic acids is 1. The Morgan fingerprint density at radius 1 is 1.19 bits per heavy atom. The van der Waals surface area contributed by atoms with Gasteiger partial charge in [-0.2, -0.15) is 12.6 Å². The van der Waals surface area contributed by atoms with Crippen LogP contribution in [0.25, 0.3) is 0 Å². The van der Waals surface area contributed by atoms with E-state index in [1.807, 2.05) is 13.8 Å². The van der Waals surface area contributed by atoms with Crippen LogP contribution >= 0.6 is 12.6 Å². The molecule has 1 aliphatic heterocycles. The first-order valence-corrected chi connectivity index (χ1v) is 9.72. The topological polar surface area (TPSA) is 142 Å². The van der Waals surface area contributed by atoms with Crippen LogP contribution < -0.4 is 16.4 Å². The molecule has 4 atom stereocenters. The van der Waals surface area contributed by atoms with E-state index in [0.717, 1.165) is 0 Å². The van der Waals surface area contributed by atoms with Gasteiger partial charge >= 0.3 is 5.97 Å². The molecule has 0 aromatic heterocycles. The standard InChI is InChI=1S/C17H30N4O5S/c1-9(2)7-11(17(25)26)19-15(23)13-5-4-6-21(13)16(24)12(8-27)20-14(22)10(3)18/h9-13,27H,4-8,18H2,1-3H3,(H,19,23)(H,20,22)(H,25,26). The zero-order valence-corrected chi connectivity index (χ0v) is 16.9. The van der Waals surface area contributed by atoms with Crippen molar-refractivity contribution < 1.29 is 24.3 Å². The number of carboxylic acid groups (broad SMARTS) is 1. The highest BCUT2D eigenvalue weighted by Crippen LogP contribution is 2.19. The largest absolute Gasteiger partial charge is 0.480 e. The molecule has 0 bridgehead atoms. The molecule has 10 heteroatoms. The summed E-state index contributed by atoms with van der Waals surface area (Å²) in [7, 11) is 0. The Hall–Kier alpha value is -1.81. The number of amides is 3. The first-order chi connectivity index (χ1) is 12.6. The molecule has 1 heterocycles. The van der Waals surface area contributed by atoms with Gasteiger partial charge in [0.25, 0.3) is 0 Å². The monoisotopic (exact) mass is 402 g/mol. The number of aliphatic carboxylic acids is 1. The molecule has 1 fully saturated rings. The molecule has 0 aromatic carbocycles. The minimum absolute atomic E-state index is 0.0627. The van der Waals surface area contributed by atoms with Crippen molar-refractivity contribution in [2.75, 3.05) is 12.3 Å². The van der Waals surface area contributed by atoms with Crippen molar-refractivity contribution in [3.8, 4) is 0 Å². The summed E-state index contributed by atoms with van der Waals surface area (Å²) in [5.74, 6) is -2.35. The summed E-state index contributed by atoms with van der Waals surface area (Å²) in [5, 5.41) is 14.4. The maximum absolute atomic E-state index is 12.8. The number of likely N-dealkylation sites (tertiary alicyclic amines) is 1. The lowest BCUT2D eigenvalue weighted by Gasteiger charge is -2.29. The van der Waals surface area contributed by atoms with Crippen molar-refractivity contribution in [2.45, 2.75) is 64.2 Å². The molecule has 0 aliphatic carbocycles. The Kier molecular flexibility index (Phi) is 9.04. The molecule has 0 spiro atoms. The summed E-state index contributed by atoms with van der Waals surface area (Å²) in [6.07, 6.45) is 1.35. The second-order valence-corrected chi connectivity index (χ2v) is 7.62. The van der Waals surface area contributed by atoms with Gasteiger partial charge in [-0.15, -0.1) is 0 Å². The van der Waals surface area contributed by atoms with Gasteiger partial charge in [0.1, 0.15) is 18.1 Å². The summed E-state index contributed by atoms with van der Waals surface area (Å²) >= 11 is 4.11.